The average Bonchev–Trinajstić information content (AvgIpc) is 2.27. The quantitative estimate of drug-likeness (QED) is 0.449. The van der Waals surface area contributed by atoms with Crippen molar-refractivity contribution in [1.29, 1.82) is 0 Å². The first-order valence-electron chi connectivity index (χ1n) is 7.66. The van der Waals surface area contributed by atoms with Gasteiger partial charge in [0, 0.05) is 6.61 Å². The normalized spacial score (nSPS) is 13.1. The van der Waals surface area contributed by atoms with E-state index in [2.05, 4.69) is 36.4 Å². The third kappa shape index (κ3) is 13.7. The number of alkyl carbamates (subject to hydrolysis) is 1. The number of ether oxygens (including phenoxy) is 1. The molecule has 0 bridgehead atoms. The molecule has 0 rings (SSSR count). The van der Waals surface area contributed by atoms with Gasteiger partial charge in [-0.15, -0.1) is 5.54 Å². The van der Waals surface area contributed by atoms with Crippen LogP contribution in [0.2, 0.25) is 19.6 Å². The maximum absolute atomic E-state index is 11.9. The van der Waals surface area contributed by atoms with E-state index in [0.717, 1.165) is 25.7 Å². The van der Waals surface area contributed by atoms with Crippen molar-refractivity contribution >= 4 is 14.2 Å². The second-order valence-corrected chi connectivity index (χ2v) is 12.0. The summed E-state index contributed by atoms with van der Waals surface area (Å²) in [7, 11) is -1.47. The number of unbranched alkanes of at least 4 members (excludes halogenated alkanes) is 2. The van der Waals surface area contributed by atoms with Crippen LogP contribution in [-0.2, 0) is 4.74 Å². The smallest absolute Gasteiger partial charge is 0.408 e. The van der Waals surface area contributed by atoms with E-state index in [4.69, 9.17) is 9.84 Å². The number of aliphatic hydroxyl groups excluding tert-OH is 1. The average molecular weight is 314 g/mol. The van der Waals surface area contributed by atoms with E-state index >= 15 is 0 Å². The number of amides is 1. The molecule has 0 aromatic rings. The Morgan fingerprint density at radius 3 is 2.33 bits per heavy atom. The molecule has 0 unspecified atom stereocenters. The molecule has 0 spiro atoms. The lowest BCUT2D eigenvalue weighted by Gasteiger charge is -2.22. The minimum atomic E-state index is -1.47. The molecular weight excluding hydrogens is 282 g/mol. The van der Waals surface area contributed by atoms with Gasteiger partial charge in [-0.05, 0) is 33.6 Å². The Balaban J connectivity index is 4.56. The molecular formula is C16H31NO3Si. The van der Waals surface area contributed by atoms with E-state index < -0.39 is 19.8 Å². The molecule has 1 amide bonds. The molecule has 0 saturated carbocycles. The van der Waals surface area contributed by atoms with Gasteiger partial charge in [0.2, 0.25) is 0 Å². The first kappa shape index (κ1) is 20.0. The molecule has 0 aromatic carbocycles. The maximum Gasteiger partial charge on any atom is 0.408 e. The molecule has 0 aliphatic carbocycles. The third-order valence-electron chi connectivity index (χ3n) is 2.46. The van der Waals surface area contributed by atoms with Crippen LogP contribution >= 0.6 is 0 Å². The lowest BCUT2D eigenvalue weighted by molar-refractivity contribution is 0.0514. The lowest BCUT2D eigenvalue weighted by Crippen LogP contribution is -2.38. The number of carbonyl (C=O) groups excluding carboxylic acids is 1. The number of hydrogen-bond acceptors (Lipinski definition) is 3. The van der Waals surface area contributed by atoms with Gasteiger partial charge in [-0.3, -0.25) is 0 Å². The Morgan fingerprint density at radius 2 is 1.86 bits per heavy atom. The summed E-state index contributed by atoms with van der Waals surface area (Å²) in [6.07, 6.45) is 3.04. The number of aliphatic hydroxyl groups is 1. The van der Waals surface area contributed by atoms with Crippen LogP contribution in [0.1, 0.15) is 46.5 Å². The van der Waals surface area contributed by atoms with E-state index in [1.807, 2.05) is 20.8 Å². The van der Waals surface area contributed by atoms with Crippen LogP contribution in [0.15, 0.2) is 0 Å². The highest BCUT2D eigenvalue weighted by atomic mass is 28.3. The van der Waals surface area contributed by atoms with Gasteiger partial charge in [0.1, 0.15) is 13.7 Å². The molecule has 0 heterocycles. The van der Waals surface area contributed by atoms with E-state index in [9.17, 15) is 4.79 Å². The van der Waals surface area contributed by atoms with Crippen LogP contribution in [0, 0.1) is 11.5 Å². The molecule has 122 valence electrons. The van der Waals surface area contributed by atoms with Crippen molar-refractivity contribution in [3.05, 3.63) is 0 Å². The molecule has 0 aromatic heterocycles. The highest BCUT2D eigenvalue weighted by molar-refractivity contribution is 6.83. The fraction of sp³-hybridized carbons (Fsp3) is 0.812. The second-order valence-electron chi connectivity index (χ2n) is 7.29. The minimum absolute atomic E-state index is 0.176. The Labute approximate surface area is 130 Å². The summed E-state index contributed by atoms with van der Waals surface area (Å²) in [5, 5.41) is 11.7. The monoisotopic (exact) mass is 313 g/mol. The number of rotatable bonds is 6. The van der Waals surface area contributed by atoms with Crippen molar-refractivity contribution in [2.75, 3.05) is 6.61 Å². The summed E-state index contributed by atoms with van der Waals surface area (Å²) in [4.78, 5) is 11.9. The summed E-state index contributed by atoms with van der Waals surface area (Å²) in [6, 6.07) is -0.176. The molecule has 0 fully saturated rings. The van der Waals surface area contributed by atoms with Crippen LogP contribution in [0.5, 0.6) is 0 Å². The summed E-state index contributed by atoms with van der Waals surface area (Å²) in [5.41, 5.74) is 2.80. The Kier molecular flexibility index (Phi) is 8.68. The van der Waals surface area contributed by atoms with Crippen LogP contribution in [0.25, 0.3) is 0 Å². The summed E-state index contributed by atoms with van der Waals surface area (Å²) in [6.45, 7) is 12.3. The predicted octanol–water partition coefficient (Wildman–Crippen LogP) is 3.31. The lowest BCUT2D eigenvalue weighted by atomic mass is 10.1. The Hall–Kier alpha value is -0.993. The van der Waals surface area contributed by atoms with Crippen molar-refractivity contribution in [3.63, 3.8) is 0 Å². The number of hydrogen-bond donors (Lipinski definition) is 2. The number of nitrogens with one attached hydrogen (secondary N) is 1. The van der Waals surface area contributed by atoms with E-state index in [-0.39, 0.29) is 12.6 Å². The van der Waals surface area contributed by atoms with Gasteiger partial charge in [0.25, 0.3) is 0 Å². The standard InChI is InChI=1S/C16H31NO3Si/c1-16(2,3)20-15(19)17-14(10-8-7-9-12-18)11-13-21(4,5)6/h14,18H,7-10,12H2,1-6H3,(H,17,19)/t14-/m1/s1. The fourth-order valence-electron chi connectivity index (χ4n) is 1.57. The van der Waals surface area contributed by atoms with E-state index in [1.54, 1.807) is 0 Å². The molecule has 0 radical (unpaired) electrons. The van der Waals surface area contributed by atoms with Crippen LogP contribution in [0.3, 0.4) is 0 Å². The Morgan fingerprint density at radius 1 is 1.24 bits per heavy atom. The van der Waals surface area contributed by atoms with Gasteiger partial charge in [0.05, 0.1) is 6.04 Å². The first-order valence-corrected chi connectivity index (χ1v) is 11.2. The van der Waals surface area contributed by atoms with Crippen LogP contribution < -0.4 is 5.32 Å². The van der Waals surface area contributed by atoms with E-state index in [0.29, 0.717) is 0 Å². The molecule has 4 nitrogen and oxygen atoms in total. The third-order valence-corrected chi connectivity index (χ3v) is 3.36. The molecule has 0 aliphatic heterocycles. The van der Waals surface area contributed by atoms with Gasteiger partial charge in [0.15, 0.2) is 0 Å². The van der Waals surface area contributed by atoms with Gasteiger partial charge >= 0.3 is 6.09 Å². The summed E-state index contributed by atoms with van der Waals surface area (Å²) < 4.78 is 5.28. The molecule has 0 aliphatic rings. The highest BCUT2D eigenvalue weighted by Gasteiger charge is 2.19. The first-order chi connectivity index (χ1) is 9.53. The van der Waals surface area contributed by atoms with Crippen LogP contribution in [0.4, 0.5) is 4.79 Å². The van der Waals surface area contributed by atoms with Crippen molar-refractivity contribution in [3.8, 4) is 11.5 Å². The minimum Gasteiger partial charge on any atom is -0.444 e. The zero-order valence-corrected chi connectivity index (χ0v) is 15.4. The largest absolute Gasteiger partial charge is 0.444 e. The van der Waals surface area contributed by atoms with Gasteiger partial charge in [-0.1, -0.05) is 38.4 Å². The SMILES string of the molecule is CC(C)(C)OC(=O)N[C@@H](C#C[Si](C)(C)C)CCCCCO. The number of carbonyl (C=O) groups is 1. The zero-order chi connectivity index (χ0) is 16.5. The van der Waals surface area contributed by atoms with Crippen molar-refractivity contribution < 1.29 is 14.6 Å². The summed E-state index contributed by atoms with van der Waals surface area (Å²) >= 11 is 0. The second kappa shape index (κ2) is 9.11. The molecule has 21 heavy (non-hydrogen) atoms. The van der Waals surface area contributed by atoms with Gasteiger partial charge in [-0.25, -0.2) is 4.79 Å². The van der Waals surface area contributed by atoms with Crippen molar-refractivity contribution in [2.24, 2.45) is 0 Å². The van der Waals surface area contributed by atoms with E-state index in [1.165, 1.54) is 0 Å². The topological polar surface area (TPSA) is 58.6 Å². The molecule has 2 N–H and O–H groups in total. The molecule has 0 saturated heterocycles. The Bertz CT molecular complexity index is 372. The molecule has 1 atom stereocenters. The molecule has 5 heteroatoms. The highest BCUT2D eigenvalue weighted by Crippen LogP contribution is 2.09. The van der Waals surface area contributed by atoms with Gasteiger partial charge < -0.3 is 15.2 Å². The van der Waals surface area contributed by atoms with Crippen molar-refractivity contribution in [2.45, 2.75) is 77.7 Å². The zero-order valence-electron chi connectivity index (χ0n) is 14.4. The van der Waals surface area contributed by atoms with Crippen LogP contribution in [-0.4, -0.2) is 37.5 Å². The summed E-state index contributed by atoms with van der Waals surface area (Å²) in [5.74, 6) is 3.19. The fourth-order valence-corrected chi connectivity index (χ4v) is 2.18. The van der Waals surface area contributed by atoms with Gasteiger partial charge in [-0.2, -0.15) is 0 Å². The predicted molar refractivity (Wildman–Crippen MR) is 89.8 cm³/mol. The van der Waals surface area contributed by atoms with Crippen molar-refractivity contribution in [1.82, 2.24) is 5.32 Å². The maximum atomic E-state index is 11.9.